The summed E-state index contributed by atoms with van der Waals surface area (Å²) < 4.78 is 28.6. The maximum atomic E-state index is 14.1. The van der Waals surface area contributed by atoms with Gasteiger partial charge in [0.15, 0.2) is 18.2 Å². The molecular formula is C19H20FNO5. The molecule has 6 nitrogen and oxygen atoms in total. The fourth-order valence-corrected chi connectivity index (χ4v) is 2.12. The third-order valence-corrected chi connectivity index (χ3v) is 3.58. The molecule has 0 saturated carbocycles. The van der Waals surface area contributed by atoms with E-state index in [0.29, 0.717) is 5.56 Å². The zero-order chi connectivity index (χ0) is 18.9. The minimum Gasteiger partial charge on any atom is -0.479 e. The lowest BCUT2D eigenvalue weighted by Crippen LogP contribution is -2.27. The quantitative estimate of drug-likeness (QED) is 0.766. The molecule has 2 aromatic rings. The summed E-state index contributed by atoms with van der Waals surface area (Å²) in [6.07, 6.45) is -0.604. The van der Waals surface area contributed by atoms with Gasteiger partial charge in [-0.1, -0.05) is 36.4 Å². The summed E-state index contributed by atoms with van der Waals surface area (Å²) in [4.78, 5) is 22.9. The summed E-state index contributed by atoms with van der Waals surface area (Å²) in [6.45, 7) is 1.47. The van der Waals surface area contributed by atoms with Gasteiger partial charge in [-0.3, -0.25) is 0 Å². The van der Waals surface area contributed by atoms with Crippen molar-refractivity contribution in [3.05, 3.63) is 65.5 Å². The molecule has 0 saturated heterocycles. The van der Waals surface area contributed by atoms with E-state index >= 15 is 0 Å². The van der Waals surface area contributed by atoms with Crippen molar-refractivity contribution in [3.63, 3.8) is 0 Å². The number of halogens is 1. The first-order valence-corrected chi connectivity index (χ1v) is 7.96. The molecule has 0 bridgehead atoms. The lowest BCUT2D eigenvalue weighted by molar-refractivity contribution is -0.142. The van der Waals surface area contributed by atoms with E-state index in [1.54, 1.807) is 13.0 Å². The highest BCUT2D eigenvalue weighted by molar-refractivity contribution is 5.71. The van der Waals surface area contributed by atoms with Crippen molar-refractivity contribution in [1.29, 1.82) is 0 Å². The molecule has 0 spiro atoms. The van der Waals surface area contributed by atoms with E-state index in [9.17, 15) is 14.0 Å². The van der Waals surface area contributed by atoms with Crippen LogP contribution < -0.4 is 10.1 Å². The fraction of sp³-hybridized carbons (Fsp3) is 0.263. The SMILES string of the molecule is COC(=O)COc1ccc(C(C)NC(=O)OCc2ccccc2)cc1F. The van der Waals surface area contributed by atoms with Gasteiger partial charge in [-0.05, 0) is 30.2 Å². The summed E-state index contributed by atoms with van der Waals surface area (Å²) in [7, 11) is 1.22. The molecule has 2 aromatic carbocycles. The summed E-state index contributed by atoms with van der Waals surface area (Å²) in [5.41, 5.74) is 1.40. The van der Waals surface area contributed by atoms with E-state index in [1.165, 1.54) is 19.2 Å². The third-order valence-electron chi connectivity index (χ3n) is 3.58. The van der Waals surface area contributed by atoms with Crippen LogP contribution in [0.25, 0.3) is 0 Å². The summed E-state index contributed by atoms with van der Waals surface area (Å²) in [5, 5.41) is 2.63. The Kier molecular flexibility index (Phi) is 6.96. The van der Waals surface area contributed by atoms with Gasteiger partial charge in [-0.15, -0.1) is 0 Å². The Morgan fingerprint density at radius 3 is 2.54 bits per heavy atom. The number of methoxy groups -OCH3 is 1. The molecule has 7 heteroatoms. The molecule has 138 valence electrons. The molecule has 0 fully saturated rings. The Morgan fingerprint density at radius 1 is 1.15 bits per heavy atom. The maximum absolute atomic E-state index is 14.1. The first-order valence-electron chi connectivity index (χ1n) is 7.96. The van der Waals surface area contributed by atoms with Crippen LogP contribution >= 0.6 is 0 Å². The number of benzene rings is 2. The first kappa shape index (κ1) is 19.2. The molecule has 1 N–H and O–H groups in total. The van der Waals surface area contributed by atoms with Crippen LogP contribution in [0.1, 0.15) is 24.1 Å². The zero-order valence-electron chi connectivity index (χ0n) is 14.5. The number of hydrogen-bond donors (Lipinski definition) is 1. The van der Waals surface area contributed by atoms with Crippen LogP contribution in [-0.4, -0.2) is 25.8 Å². The van der Waals surface area contributed by atoms with Crippen LogP contribution in [0.15, 0.2) is 48.5 Å². The second kappa shape index (κ2) is 9.41. The third kappa shape index (κ3) is 5.77. The van der Waals surface area contributed by atoms with E-state index in [1.807, 2.05) is 30.3 Å². The summed E-state index contributed by atoms with van der Waals surface area (Å²) in [5.74, 6) is -1.32. The Hall–Kier alpha value is -3.09. The number of rotatable bonds is 7. The minimum absolute atomic E-state index is 0.0713. The van der Waals surface area contributed by atoms with Gasteiger partial charge in [0.05, 0.1) is 13.2 Å². The highest BCUT2D eigenvalue weighted by Gasteiger charge is 2.14. The number of carbonyl (C=O) groups excluding carboxylic acids is 2. The number of ether oxygens (including phenoxy) is 3. The molecule has 1 unspecified atom stereocenters. The maximum Gasteiger partial charge on any atom is 0.407 e. The summed E-state index contributed by atoms with van der Waals surface area (Å²) >= 11 is 0. The van der Waals surface area contributed by atoms with Crippen molar-refractivity contribution in [2.24, 2.45) is 0 Å². The van der Waals surface area contributed by atoms with Crippen molar-refractivity contribution >= 4 is 12.1 Å². The monoisotopic (exact) mass is 361 g/mol. The van der Waals surface area contributed by atoms with Gasteiger partial charge in [0.25, 0.3) is 0 Å². The lowest BCUT2D eigenvalue weighted by atomic mass is 10.1. The number of nitrogens with one attached hydrogen (secondary N) is 1. The van der Waals surface area contributed by atoms with Gasteiger partial charge in [-0.25, -0.2) is 14.0 Å². The standard InChI is InChI=1S/C19H20FNO5/c1-13(21-19(23)26-11-14-6-4-3-5-7-14)15-8-9-17(16(20)10-15)25-12-18(22)24-2/h3-10,13H,11-12H2,1-2H3,(H,21,23). The predicted molar refractivity (Wildman–Crippen MR) is 92.1 cm³/mol. The van der Waals surface area contributed by atoms with Crippen molar-refractivity contribution in [2.75, 3.05) is 13.7 Å². The smallest absolute Gasteiger partial charge is 0.407 e. The normalized spacial score (nSPS) is 11.3. The van der Waals surface area contributed by atoms with Crippen LogP contribution in [-0.2, 0) is 20.9 Å². The second-order valence-corrected chi connectivity index (χ2v) is 5.48. The van der Waals surface area contributed by atoms with E-state index in [4.69, 9.17) is 9.47 Å². The van der Waals surface area contributed by atoms with Crippen molar-refractivity contribution in [1.82, 2.24) is 5.32 Å². The Balaban J connectivity index is 1.88. The second-order valence-electron chi connectivity index (χ2n) is 5.48. The topological polar surface area (TPSA) is 73.9 Å². The highest BCUT2D eigenvalue weighted by Crippen LogP contribution is 2.22. The van der Waals surface area contributed by atoms with Crippen LogP contribution in [0.3, 0.4) is 0 Å². The zero-order valence-corrected chi connectivity index (χ0v) is 14.5. The van der Waals surface area contributed by atoms with Gasteiger partial charge in [0.2, 0.25) is 0 Å². The number of amides is 1. The van der Waals surface area contributed by atoms with E-state index < -0.39 is 23.9 Å². The van der Waals surface area contributed by atoms with Crippen LogP contribution in [0.2, 0.25) is 0 Å². The Labute approximate surface area is 150 Å². The molecule has 0 heterocycles. The predicted octanol–water partition coefficient (Wildman–Crippen LogP) is 3.36. The van der Waals surface area contributed by atoms with Gasteiger partial charge in [-0.2, -0.15) is 0 Å². The largest absolute Gasteiger partial charge is 0.479 e. The van der Waals surface area contributed by atoms with Crippen molar-refractivity contribution < 1.29 is 28.2 Å². The molecule has 1 atom stereocenters. The highest BCUT2D eigenvalue weighted by atomic mass is 19.1. The average Bonchev–Trinajstić information content (AvgIpc) is 2.65. The van der Waals surface area contributed by atoms with Crippen LogP contribution in [0.5, 0.6) is 5.75 Å². The van der Waals surface area contributed by atoms with E-state index in [2.05, 4.69) is 10.1 Å². The van der Waals surface area contributed by atoms with Gasteiger partial charge >= 0.3 is 12.1 Å². The average molecular weight is 361 g/mol. The molecule has 0 aliphatic rings. The molecule has 2 rings (SSSR count). The number of hydrogen-bond acceptors (Lipinski definition) is 5. The Bertz CT molecular complexity index is 751. The molecule has 1 amide bonds. The number of carbonyl (C=O) groups is 2. The number of esters is 1. The minimum atomic E-state index is -0.641. The van der Waals surface area contributed by atoms with E-state index in [0.717, 1.165) is 5.56 Å². The lowest BCUT2D eigenvalue weighted by Gasteiger charge is -2.15. The number of alkyl carbamates (subject to hydrolysis) is 1. The molecular weight excluding hydrogens is 341 g/mol. The molecule has 0 aliphatic heterocycles. The first-order chi connectivity index (χ1) is 12.5. The Morgan fingerprint density at radius 2 is 1.88 bits per heavy atom. The molecule has 26 heavy (non-hydrogen) atoms. The van der Waals surface area contributed by atoms with Crippen LogP contribution in [0, 0.1) is 5.82 Å². The van der Waals surface area contributed by atoms with Gasteiger partial charge < -0.3 is 19.5 Å². The van der Waals surface area contributed by atoms with Crippen molar-refractivity contribution in [2.45, 2.75) is 19.6 Å². The molecule has 0 radical (unpaired) electrons. The molecule has 0 aliphatic carbocycles. The van der Waals surface area contributed by atoms with Gasteiger partial charge in [0, 0.05) is 0 Å². The fourth-order valence-electron chi connectivity index (χ4n) is 2.12. The summed E-state index contributed by atoms with van der Waals surface area (Å²) in [6, 6.07) is 13.0. The molecule has 0 aromatic heterocycles. The van der Waals surface area contributed by atoms with Gasteiger partial charge in [0.1, 0.15) is 6.61 Å². The van der Waals surface area contributed by atoms with E-state index in [-0.39, 0.29) is 19.0 Å². The van der Waals surface area contributed by atoms with Crippen LogP contribution in [0.4, 0.5) is 9.18 Å². The van der Waals surface area contributed by atoms with Crippen molar-refractivity contribution in [3.8, 4) is 5.75 Å².